The summed E-state index contributed by atoms with van der Waals surface area (Å²) in [7, 11) is 1.56. The molecule has 17 heavy (non-hydrogen) atoms. The van der Waals surface area contributed by atoms with E-state index in [-0.39, 0.29) is 12.0 Å². The standard InChI is InChI=1S/C14H12F2O/c1-17-11-5-2-4-10(8-11)9-12-13(15)6-3-7-14(12)16/h2-8H,9H2,1H3. The zero-order valence-corrected chi connectivity index (χ0v) is 9.41. The van der Waals surface area contributed by atoms with E-state index in [0.717, 1.165) is 5.56 Å². The molecule has 0 heterocycles. The minimum atomic E-state index is -0.521. The molecule has 0 bridgehead atoms. The average molecular weight is 234 g/mol. The molecule has 0 aromatic heterocycles. The number of hydrogen-bond acceptors (Lipinski definition) is 1. The van der Waals surface area contributed by atoms with Gasteiger partial charge in [0.15, 0.2) is 0 Å². The number of hydrogen-bond donors (Lipinski definition) is 0. The van der Waals surface area contributed by atoms with Crippen LogP contribution in [0.3, 0.4) is 0 Å². The number of methoxy groups -OCH3 is 1. The van der Waals surface area contributed by atoms with Crippen LogP contribution in [-0.2, 0) is 6.42 Å². The van der Waals surface area contributed by atoms with Crippen LogP contribution in [0.15, 0.2) is 42.5 Å². The van der Waals surface area contributed by atoms with E-state index in [9.17, 15) is 8.78 Å². The number of ether oxygens (including phenoxy) is 1. The molecule has 88 valence electrons. The maximum Gasteiger partial charge on any atom is 0.129 e. The average Bonchev–Trinajstić information content (AvgIpc) is 2.34. The van der Waals surface area contributed by atoms with Gasteiger partial charge in [-0.05, 0) is 29.8 Å². The Hall–Kier alpha value is -1.90. The van der Waals surface area contributed by atoms with E-state index in [1.807, 2.05) is 6.07 Å². The van der Waals surface area contributed by atoms with Crippen LogP contribution in [0.2, 0.25) is 0 Å². The fraction of sp³-hybridized carbons (Fsp3) is 0.143. The Morgan fingerprint density at radius 1 is 1.00 bits per heavy atom. The Kier molecular flexibility index (Phi) is 3.38. The molecule has 0 aliphatic rings. The van der Waals surface area contributed by atoms with Crippen LogP contribution >= 0.6 is 0 Å². The summed E-state index contributed by atoms with van der Waals surface area (Å²) in [5.74, 6) is -0.361. The number of rotatable bonds is 3. The maximum atomic E-state index is 13.4. The van der Waals surface area contributed by atoms with Crippen LogP contribution in [0.4, 0.5) is 8.78 Å². The first-order valence-corrected chi connectivity index (χ1v) is 5.26. The molecule has 0 aliphatic carbocycles. The molecular weight excluding hydrogens is 222 g/mol. The van der Waals surface area contributed by atoms with Gasteiger partial charge in [-0.1, -0.05) is 18.2 Å². The topological polar surface area (TPSA) is 9.23 Å². The predicted octanol–water partition coefficient (Wildman–Crippen LogP) is 3.56. The van der Waals surface area contributed by atoms with Crippen LogP contribution in [0.5, 0.6) is 5.75 Å². The molecular formula is C14H12F2O. The third-order valence-corrected chi connectivity index (χ3v) is 2.58. The smallest absolute Gasteiger partial charge is 0.129 e. The molecule has 0 radical (unpaired) electrons. The van der Waals surface area contributed by atoms with Gasteiger partial charge in [-0.3, -0.25) is 0 Å². The maximum absolute atomic E-state index is 13.4. The normalized spacial score (nSPS) is 10.3. The molecule has 0 saturated carbocycles. The summed E-state index contributed by atoms with van der Waals surface area (Å²) >= 11 is 0. The fourth-order valence-electron chi connectivity index (χ4n) is 1.69. The van der Waals surface area contributed by atoms with Crippen molar-refractivity contribution < 1.29 is 13.5 Å². The summed E-state index contributed by atoms with van der Waals surface area (Å²) < 4.78 is 32.0. The first kappa shape index (κ1) is 11.6. The van der Waals surface area contributed by atoms with Crippen LogP contribution in [0.1, 0.15) is 11.1 Å². The van der Waals surface area contributed by atoms with E-state index >= 15 is 0 Å². The van der Waals surface area contributed by atoms with Crippen LogP contribution in [0, 0.1) is 11.6 Å². The summed E-state index contributed by atoms with van der Waals surface area (Å²) in [4.78, 5) is 0. The number of benzene rings is 2. The van der Waals surface area contributed by atoms with Gasteiger partial charge < -0.3 is 4.74 Å². The van der Waals surface area contributed by atoms with Gasteiger partial charge in [-0.15, -0.1) is 0 Å². The lowest BCUT2D eigenvalue weighted by molar-refractivity contribution is 0.414. The van der Waals surface area contributed by atoms with E-state index in [2.05, 4.69) is 0 Å². The van der Waals surface area contributed by atoms with Crippen LogP contribution in [-0.4, -0.2) is 7.11 Å². The highest BCUT2D eigenvalue weighted by molar-refractivity contribution is 5.33. The Balaban J connectivity index is 2.31. The molecule has 2 aromatic rings. The van der Waals surface area contributed by atoms with E-state index in [4.69, 9.17) is 4.74 Å². The minimum Gasteiger partial charge on any atom is -0.497 e. The second-order valence-electron chi connectivity index (χ2n) is 3.73. The third-order valence-electron chi connectivity index (χ3n) is 2.58. The van der Waals surface area contributed by atoms with E-state index in [1.165, 1.54) is 18.2 Å². The van der Waals surface area contributed by atoms with Gasteiger partial charge in [-0.25, -0.2) is 8.78 Å². The number of halogens is 2. The van der Waals surface area contributed by atoms with Gasteiger partial charge in [0.2, 0.25) is 0 Å². The van der Waals surface area contributed by atoms with Crippen molar-refractivity contribution in [2.24, 2.45) is 0 Å². The van der Waals surface area contributed by atoms with Crippen molar-refractivity contribution in [1.29, 1.82) is 0 Å². The SMILES string of the molecule is COc1cccc(Cc2c(F)cccc2F)c1. The summed E-state index contributed by atoms with van der Waals surface area (Å²) in [6.45, 7) is 0. The molecule has 0 amide bonds. The first-order valence-electron chi connectivity index (χ1n) is 5.26. The highest BCUT2D eigenvalue weighted by Gasteiger charge is 2.09. The largest absolute Gasteiger partial charge is 0.497 e. The van der Waals surface area contributed by atoms with Gasteiger partial charge in [0.25, 0.3) is 0 Å². The molecule has 0 fully saturated rings. The molecule has 0 aliphatic heterocycles. The van der Waals surface area contributed by atoms with Crippen molar-refractivity contribution in [3.8, 4) is 5.75 Å². The van der Waals surface area contributed by atoms with E-state index in [1.54, 1.807) is 25.3 Å². The summed E-state index contributed by atoms with van der Waals surface area (Å²) in [5.41, 5.74) is 0.897. The second-order valence-corrected chi connectivity index (χ2v) is 3.73. The highest BCUT2D eigenvalue weighted by atomic mass is 19.1. The van der Waals surface area contributed by atoms with Crippen molar-refractivity contribution in [3.63, 3.8) is 0 Å². The molecule has 0 atom stereocenters. The Morgan fingerprint density at radius 3 is 2.29 bits per heavy atom. The molecule has 0 unspecified atom stereocenters. The monoisotopic (exact) mass is 234 g/mol. The lowest BCUT2D eigenvalue weighted by Gasteiger charge is -2.06. The van der Waals surface area contributed by atoms with Crippen LogP contribution in [0.25, 0.3) is 0 Å². The summed E-state index contributed by atoms with van der Waals surface area (Å²) in [6.07, 6.45) is 0.218. The summed E-state index contributed by atoms with van der Waals surface area (Å²) in [6, 6.07) is 11.1. The van der Waals surface area contributed by atoms with Gasteiger partial charge in [0.05, 0.1) is 7.11 Å². The van der Waals surface area contributed by atoms with Crippen molar-refractivity contribution >= 4 is 0 Å². The molecule has 0 spiro atoms. The fourth-order valence-corrected chi connectivity index (χ4v) is 1.69. The van der Waals surface area contributed by atoms with E-state index < -0.39 is 11.6 Å². The molecule has 0 N–H and O–H groups in total. The first-order chi connectivity index (χ1) is 8.20. The van der Waals surface area contributed by atoms with E-state index in [0.29, 0.717) is 5.75 Å². The van der Waals surface area contributed by atoms with Gasteiger partial charge >= 0.3 is 0 Å². The quantitative estimate of drug-likeness (QED) is 0.789. The molecule has 0 saturated heterocycles. The Bertz CT molecular complexity index is 503. The third kappa shape index (κ3) is 2.61. The van der Waals surface area contributed by atoms with Crippen LogP contribution < -0.4 is 4.74 Å². The Labute approximate surface area is 98.7 Å². The van der Waals surface area contributed by atoms with Crippen molar-refractivity contribution in [2.45, 2.75) is 6.42 Å². The summed E-state index contributed by atoms with van der Waals surface area (Å²) in [5, 5.41) is 0. The molecule has 2 rings (SSSR count). The molecule has 1 nitrogen and oxygen atoms in total. The zero-order chi connectivity index (χ0) is 12.3. The van der Waals surface area contributed by atoms with Gasteiger partial charge in [0, 0.05) is 12.0 Å². The lowest BCUT2D eigenvalue weighted by atomic mass is 10.0. The van der Waals surface area contributed by atoms with Crippen molar-refractivity contribution in [1.82, 2.24) is 0 Å². The lowest BCUT2D eigenvalue weighted by Crippen LogP contribution is -1.97. The van der Waals surface area contributed by atoms with Crippen molar-refractivity contribution in [2.75, 3.05) is 7.11 Å². The molecule has 2 aromatic carbocycles. The minimum absolute atomic E-state index is 0.0840. The molecule has 3 heteroatoms. The van der Waals surface area contributed by atoms with Gasteiger partial charge in [0.1, 0.15) is 17.4 Å². The Morgan fingerprint density at radius 2 is 1.65 bits per heavy atom. The zero-order valence-electron chi connectivity index (χ0n) is 9.41. The van der Waals surface area contributed by atoms with Gasteiger partial charge in [-0.2, -0.15) is 0 Å². The highest BCUT2D eigenvalue weighted by Crippen LogP contribution is 2.19. The second kappa shape index (κ2) is 4.95. The predicted molar refractivity (Wildman–Crippen MR) is 62.2 cm³/mol. The van der Waals surface area contributed by atoms with Crippen molar-refractivity contribution in [3.05, 3.63) is 65.2 Å².